The molecule has 0 N–H and O–H groups in total. The molecular formula is C16H13FN+. The molecule has 3 aromatic rings. The van der Waals surface area contributed by atoms with Crippen molar-refractivity contribution in [3.8, 4) is 0 Å². The Labute approximate surface area is 105 Å². The first-order valence-electron chi connectivity index (χ1n) is 5.94. The molecule has 2 aromatic carbocycles. The fraction of sp³-hybridized carbons (Fsp3) is 0.0625. The smallest absolute Gasteiger partial charge is 0.207 e. The van der Waals surface area contributed by atoms with Crippen LogP contribution in [0.5, 0.6) is 0 Å². The summed E-state index contributed by atoms with van der Waals surface area (Å²) in [5, 5.41) is 1.05. The molecule has 0 aliphatic carbocycles. The topological polar surface area (TPSA) is 3.88 Å². The summed E-state index contributed by atoms with van der Waals surface area (Å²) in [5.41, 5.74) is 2.13. The fourth-order valence-electron chi connectivity index (χ4n) is 2.16. The largest absolute Gasteiger partial charge is 0.215 e. The molecule has 1 heterocycles. The predicted octanol–water partition coefficient (Wildman–Crippen LogP) is 3.31. The molecule has 0 fully saturated rings. The van der Waals surface area contributed by atoms with Gasteiger partial charge >= 0.3 is 0 Å². The second-order valence-corrected chi connectivity index (χ2v) is 4.32. The van der Waals surface area contributed by atoms with Crippen LogP contribution in [0, 0.1) is 5.82 Å². The second kappa shape index (κ2) is 4.57. The summed E-state index contributed by atoms with van der Waals surface area (Å²) in [6, 6.07) is 19.1. The van der Waals surface area contributed by atoms with Crippen LogP contribution in [0.25, 0.3) is 10.9 Å². The Bertz CT molecular complexity index is 677. The predicted molar refractivity (Wildman–Crippen MR) is 69.6 cm³/mol. The Kier molecular flexibility index (Phi) is 2.77. The van der Waals surface area contributed by atoms with Crippen LogP contribution in [-0.4, -0.2) is 0 Å². The van der Waals surface area contributed by atoms with E-state index in [1.54, 1.807) is 6.07 Å². The van der Waals surface area contributed by atoms with Crippen LogP contribution in [0.3, 0.4) is 0 Å². The summed E-state index contributed by atoms with van der Waals surface area (Å²) in [6.45, 7) is 0.752. The summed E-state index contributed by atoms with van der Waals surface area (Å²) in [6.07, 6.45) is 1.98. The third kappa shape index (κ3) is 2.09. The van der Waals surface area contributed by atoms with Crippen LogP contribution in [0.2, 0.25) is 0 Å². The van der Waals surface area contributed by atoms with Gasteiger partial charge < -0.3 is 0 Å². The van der Waals surface area contributed by atoms with E-state index in [0.29, 0.717) is 0 Å². The number of hydrogen-bond donors (Lipinski definition) is 0. The summed E-state index contributed by atoms with van der Waals surface area (Å²) >= 11 is 0. The van der Waals surface area contributed by atoms with Gasteiger partial charge in [0.2, 0.25) is 5.52 Å². The van der Waals surface area contributed by atoms with Gasteiger partial charge in [-0.1, -0.05) is 30.3 Å². The molecule has 2 heteroatoms. The molecule has 0 saturated carbocycles. The van der Waals surface area contributed by atoms with Gasteiger partial charge in [0.15, 0.2) is 12.7 Å². The molecule has 0 bridgehead atoms. The van der Waals surface area contributed by atoms with E-state index < -0.39 is 0 Å². The first-order chi connectivity index (χ1) is 8.83. The third-order valence-electron chi connectivity index (χ3n) is 3.04. The third-order valence-corrected chi connectivity index (χ3v) is 3.04. The van der Waals surface area contributed by atoms with Gasteiger partial charge in [-0.2, -0.15) is 4.57 Å². The first-order valence-corrected chi connectivity index (χ1v) is 5.94. The second-order valence-electron chi connectivity index (χ2n) is 4.32. The normalized spacial score (nSPS) is 10.7. The van der Waals surface area contributed by atoms with Gasteiger partial charge in [-0.25, -0.2) is 4.39 Å². The maximum atomic E-state index is 13.3. The lowest BCUT2D eigenvalue weighted by Gasteiger charge is -2.01. The number of rotatable bonds is 2. The molecule has 3 rings (SSSR count). The van der Waals surface area contributed by atoms with Gasteiger partial charge in [0, 0.05) is 23.1 Å². The first kappa shape index (κ1) is 10.9. The molecule has 0 spiro atoms. The highest BCUT2D eigenvalue weighted by Crippen LogP contribution is 2.11. The molecule has 1 aromatic heterocycles. The van der Waals surface area contributed by atoms with Crippen molar-refractivity contribution in [2.24, 2.45) is 0 Å². The molecule has 0 atom stereocenters. The van der Waals surface area contributed by atoms with E-state index in [4.69, 9.17) is 0 Å². The highest BCUT2D eigenvalue weighted by Gasteiger charge is 2.09. The van der Waals surface area contributed by atoms with E-state index in [9.17, 15) is 4.39 Å². The van der Waals surface area contributed by atoms with E-state index in [2.05, 4.69) is 16.7 Å². The van der Waals surface area contributed by atoms with Gasteiger partial charge in [0.1, 0.15) is 5.82 Å². The van der Waals surface area contributed by atoms with E-state index in [-0.39, 0.29) is 5.82 Å². The quantitative estimate of drug-likeness (QED) is 0.603. The number of fused-ring (bicyclic) bond motifs is 1. The molecule has 0 aliphatic rings. The lowest BCUT2D eigenvalue weighted by molar-refractivity contribution is -0.662. The average molecular weight is 238 g/mol. The summed E-state index contributed by atoms with van der Waals surface area (Å²) in [4.78, 5) is 0. The van der Waals surface area contributed by atoms with Crippen molar-refractivity contribution in [1.82, 2.24) is 0 Å². The summed E-state index contributed by atoms with van der Waals surface area (Å²) < 4.78 is 15.4. The minimum atomic E-state index is -0.199. The van der Waals surface area contributed by atoms with Crippen LogP contribution in [-0.2, 0) is 6.54 Å². The van der Waals surface area contributed by atoms with Gasteiger partial charge in [-0.15, -0.1) is 0 Å². The Balaban J connectivity index is 2.09. The van der Waals surface area contributed by atoms with Crippen molar-refractivity contribution in [2.75, 3.05) is 0 Å². The van der Waals surface area contributed by atoms with Gasteiger partial charge in [-0.3, -0.25) is 0 Å². The Morgan fingerprint density at radius 1 is 0.889 bits per heavy atom. The summed E-state index contributed by atoms with van der Waals surface area (Å²) in [5.74, 6) is -0.199. The molecule has 0 unspecified atom stereocenters. The van der Waals surface area contributed by atoms with Crippen molar-refractivity contribution < 1.29 is 8.96 Å². The fourth-order valence-corrected chi connectivity index (χ4v) is 2.16. The van der Waals surface area contributed by atoms with Crippen molar-refractivity contribution in [3.05, 3.63) is 78.2 Å². The maximum Gasteiger partial charge on any atom is 0.215 e. The number of nitrogens with zero attached hydrogens (tertiary/aromatic N) is 1. The minimum Gasteiger partial charge on any atom is -0.207 e. The number of aromatic nitrogens is 1. The van der Waals surface area contributed by atoms with E-state index in [0.717, 1.165) is 17.4 Å². The molecule has 0 radical (unpaired) electrons. The molecule has 0 amide bonds. The lowest BCUT2D eigenvalue weighted by Crippen LogP contribution is -2.34. The van der Waals surface area contributed by atoms with Crippen LogP contribution in [0.1, 0.15) is 5.56 Å². The lowest BCUT2D eigenvalue weighted by atomic mass is 10.2. The zero-order chi connectivity index (χ0) is 12.4. The molecule has 0 saturated heterocycles. The Morgan fingerprint density at radius 3 is 2.56 bits per heavy atom. The highest BCUT2D eigenvalue weighted by atomic mass is 19.1. The van der Waals surface area contributed by atoms with Gasteiger partial charge in [0.05, 0.1) is 0 Å². The number of halogens is 1. The van der Waals surface area contributed by atoms with E-state index in [1.807, 2.05) is 42.6 Å². The van der Waals surface area contributed by atoms with Crippen LogP contribution in [0.4, 0.5) is 4.39 Å². The number of benzene rings is 2. The van der Waals surface area contributed by atoms with Gasteiger partial charge in [0.25, 0.3) is 0 Å². The minimum absolute atomic E-state index is 0.199. The average Bonchev–Trinajstić information content (AvgIpc) is 2.41. The van der Waals surface area contributed by atoms with Gasteiger partial charge in [-0.05, 0) is 18.2 Å². The van der Waals surface area contributed by atoms with Crippen molar-refractivity contribution in [3.63, 3.8) is 0 Å². The zero-order valence-electron chi connectivity index (χ0n) is 9.88. The van der Waals surface area contributed by atoms with E-state index in [1.165, 1.54) is 11.6 Å². The monoisotopic (exact) mass is 238 g/mol. The molecular weight excluding hydrogens is 225 g/mol. The van der Waals surface area contributed by atoms with Crippen molar-refractivity contribution in [1.29, 1.82) is 0 Å². The highest BCUT2D eigenvalue weighted by molar-refractivity contribution is 5.75. The maximum absolute atomic E-state index is 13.3. The molecule has 88 valence electrons. The molecule has 18 heavy (non-hydrogen) atoms. The standard InChI is InChI=1S/C16H13FN/c17-15-9-8-14-7-4-10-18(16(14)11-15)12-13-5-2-1-3-6-13/h1-11H,12H2/q+1. The molecule has 1 nitrogen and oxygen atoms in total. The molecule has 0 aliphatic heterocycles. The van der Waals surface area contributed by atoms with Crippen molar-refractivity contribution in [2.45, 2.75) is 6.54 Å². The van der Waals surface area contributed by atoms with Crippen LogP contribution < -0.4 is 4.57 Å². The SMILES string of the molecule is Fc1ccc2ccc[n+](Cc3ccccc3)c2c1. The Hall–Kier alpha value is -2.22. The van der Waals surface area contributed by atoms with Crippen LogP contribution >= 0.6 is 0 Å². The van der Waals surface area contributed by atoms with Crippen LogP contribution in [0.15, 0.2) is 66.9 Å². The Morgan fingerprint density at radius 2 is 1.72 bits per heavy atom. The summed E-state index contributed by atoms with van der Waals surface area (Å²) in [7, 11) is 0. The number of pyridine rings is 1. The zero-order valence-corrected chi connectivity index (χ0v) is 9.88. The van der Waals surface area contributed by atoms with Crippen molar-refractivity contribution >= 4 is 10.9 Å². The number of hydrogen-bond acceptors (Lipinski definition) is 0. The van der Waals surface area contributed by atoms with E-state index >= 15 is 0 Å².